The summed E-state index contributed by atoms with van der Waals surface area (Å²) in [5, 5.41) is 8.49. The Kier molecular flexibility index (Phi) is 6.99. The molecule has 3 nitrogen and oxygen atoms in total. The second kappa shape index (κ2) is 8.28. The van der Waals surface area contributed by atoms with E-state index in [1.165, 1.54) is 12.8 Å². The summed E-state index contributed by atoms with van der Waals surface area (Å²) in [7, 11) is 0. The number of Topliss-reactive ketones (excluding diaryl/α,β-unsaturated/α-hetero) is 1. The SMILES string of the molecule is C[C@H]1CCC(=O)[C@H]1CCCCCCCCC(=O)O. The largest absolute Gasteiger partial charge is 0.481 e. The monoisotopic (exact) mass is 254 g/mol. The van der Waals surface area contributed by atoms with E-state index in [0.717, 1.165) is 44.9 Å². The number of carbonyl (C=O) groups is 2. The molecule has 0 heterocycles. The number of rotatable bonds is 9. The molecular weight excluding hydrogens is 228 g/mol. The fraction of sp³-hybridized carbons (Fsp3) is 0.867. The average Bonchev–Trinajstić information content (AvgIpc) is 2.63. The van der Waals surface area contributed by atoms with E-state index in [2.05, 4.69) is 6.92 Å². The Balaban J connectivity index is 1.92. The van der Waals surface area contributed by atoms with Crippen LogP contribution < -0.4 is 0 Å². The van der Waals surface area contributed by atoms with E-state index in [-0.39, 0.29) is 0 Å². The summed E-state index contributed by atoms with van der Waals surface area (Å²) in [6.07, 6.45) is 9.70. The molecule has 1 fully saturated rings. The second-order valence-corrected chi connectivity index (χ2v) is 5.64. The highest BCUT2D eigenvalue weighted by Gasteiger charge is 2.30. The Bertz CT molecular complexity index is 273. The zero-order chi connectivity index (χ0) is 13.4. The van der Waals surface area contributed by atoms with E-state index in [4.69, 9.17) is 5.11 Å². The highest BCUT2D eigenvalue weighted by atomic mass is 16.4. The van der Waals surface area contributed by atoms with Gasteiger partial charge in [-0.05, 0) is 25.2 Å². The maximum atomic E-state index is 11.6. The van der Waals surface area contributed by atoms with Crippen molar-refractivity contribution in [3.63, 3.8) is 0 Å². The first-order valence-electron chi connectivity index (χ1n) is 7.35. The van der Waals surface area contributed by atoms with Crippen LogP contribution in [-0.4, -0.2) is 16.9 Å². The molecule has 0 unspecified atom stereocenters. The van der Waals surface area contributed by atoms with Gasteiger partial charge in [-0.1, -0.05) is 39.0 Å². The number of hydrogen-bond donors (Lipinski definition) is 1. The van der Waals surface area contributed by atoms with Crippen molar-refractivity contribution in [3.8, 4) is 0 Å². The van der Waals surface area contributed by atoms with Crippen LogP contribution in [0.15, 0.2) is 0 Å². The van der Waals surface area contributed by atoms with Crippen molar-refractivity contribution in [2.24, 2.45) is 11.8 Å². The van der Waals surface area contributed by atoms with Crippen LogP contribution in [0.1, 0.15) is 71.1 Å². The summed E-state index contributed by atoms with van der Waals surface area (Å²) in [5.41, 5.74) is 0. The smallest absolute Gasteiger partial charge is 0.303 e. The van der Waals surface area contributed by atoms with Gasteiger partial charge in [0.15, 0.2) is 0 Å². The van der Waals surface area contributed by atoms with Crippen LogP contribution in [0.25, 0.3) is 0 Å². The highest BCUT2D eigenvalue weighted by molar-refractivity contribution is 5.83. The van der Waals surface area contributed by atoms with E-state index >= 15 is 0 Å². The van der Waals surface area contributed by atoms with Crippen molar-refractivity contribution in [2.75, 3.05) is 0 Å². The Hall–Kier alpha value is -0.860. The summed E-state index contributed by atoms with van der Waals surface area (Å²) in [6, 6.07) is 0. The summed E-state index contributed by atoms with van der Waals surface area (Å²) >= 11 is 0. The van der Waals surface area contributed by atoms with Gasteiger partial charge in [-0.2, -0.15) is 0 Å². The molecule has 0 aromatic heterocycles. The van der Waals surface area contributed by atoms with Crippen molar-refractivity contribution < 1.29 is 14.7 Å². The molecule has 0 bridgehead atoms. The topological polar surface area (TPSA) is 54.4 Å². The fourth-order valence-corrected chi connectivity index (χ4v) is 2.87. The molecule has 1 saturated carbocycles. The zero-order valence-electron chi connectivity index (χ0n) is 11.5. The molecule has 0 saturated heterocycles. The quantitative estimate of drug-likeness (QED) is 0.637. The van der Waals surface area contributed by atoms with Crippen LogP contribution in [0.5, 0.6) is 0 Å². The lowest BCUT2D eigenvalue weighted by atomic mass is 9.91. The minimum Gasteiger partial charge on any atom is -0.481 e. The number of aliphatic carboxylic acids is 1. The number of unbranched alkanes of at least 4 members (excludes halogenated alkanes) is 5. The lowest BCUT2D eigenvalue weighted by Gasteiger charge is -2.13. The first-order valence-corrected chi connectivity index (χ1v) is 7.35. The molecule has 1 aliphatic carbocycles. The normalized spacial score (nSPS) is 23.5. The number of carboxylic acid groups (broad SMARTS) is 1. The van der Waals surface area contributed by atoms with Crippen molar-refractivity contribution >= 4 is 11.8 Å². The number of hydrogen-bond acceptors (Lipinski definition) is 2. The molecule has 0 amide bonds. The van der Waals surface area contributed by atoms with Gasteiger partial charge in [0.25, 0.3) is 0 Å². The Morgan fingerprint density at radius 2 is 1.78 bits per heavy atom. The van der Waals surface area contributed by atoms with E-state index in [1.807, 2.05) is 0 Å². The van der Waals surface area contributed by atoms with Crippen LogP contribution in [-0.2, 0) is 9.59 Å². The first-order chi connectivity index (χ1) is 8.61. The Morgan fingerprint density at radius 1 is 1.17 bits per heavy atom. The molecule has 3 heteroatoms. The van der Waals surface area contributed by atoms with Gasteiger partial charge in [-0.25, -0.2) is 0 Å². The van der Waals surface area contributed by atoms with Gasteiger partial charge in [0.2, 0.25) is 0 Å². The lowest BCUT2D eigenvalue weighted by Crippen LogP contribution is -2.12. The van der Waals surface area contributed by atoms with Crippen LogP contribution in [0.2, 0.25) is 0 Å². The number of carboxylic acids is 1. The summed E-state index contributed by atoms with van der Waals surface area (Å²) in [4.78, 5) is 21.9. The van der Waals surface area contributed by atoms with Gasteiger partial charge in [0, 0.05) is 18.8 Å². The van der Waals surface area contributed by atoms with E-state index in [1.54, 1.807) is 0 Å². The summed E-state index contributed by atoms with van der Waals surface area (Å²) in [6.45, 7) is 2.20. The van der Waals surface area contributed by atoms with Gasteiger partial charge in [-0.3, -0.25) is 9.59 Å². The standard InChI is InChI=1S/C15H26O3/c1-12-10-11-14(16)13(12)8-6-4-2-3-5-7-9-15(17)18/h12-13H,2-11H2,1H3,(H,17,18)/t12-,13-/m0/s1. The predicted octanol–water partition coefficient (Wildman–Crippen LogP) is 3.81. The average molecular weight is 254 g/mol. The highest BCUT2D eigenvalue weighted by Crippen LogP contribution is 2.32. The molecule has 104 valence electrons. The maximum Gasteiger partial charge on any atom is 0.303 e. The predicted molar refractivity (Wildman–Crippen MR) is 71.5 cm³/mol. The molecule has 0 aliphatic heterocycles. The molecule has 1 N–H and O–H groups in total. The lowest BCUT2D eigenvalue weighted by molar-refractivity contribution is -0.137. The van der Waals surface area contributed by atoms with Gasteiger partial charge in [-0.15, -0.1) is 0 Å². The van der Waals surface area contributed by atoms with E-state index in [0.29, 0.717) is 24.0 Å². The Morgan fingerprint density at radius 3 is 2.33 bits per heavy atom. The van der Waals surface area contributed by atoms with Crippen LogP contribution >= 0.6 is 0 Å². The minimum absolute atomic E-state index is 0.300. The Labute approximate surface area is 110 Å². The zero-order valence-corrected chi connectivity index (χ0v) is 11.5. The molecule has 1 aliphatic rings. The number of carbonyl (C=O) groups excluding carboxylic acids is 1. The van der Waals surface area contributed by atoms with Crippen LogP contribution in [0.3, 0.4) is 0 Å². The number of ketones is 1. The third kappa shape index (κ3) is 5.65. The minimum atomic E-state index is -0.691. The third-order valence-corrected chi connectivity index (χ3v) is 4.10. The third-order valence-electron chi connectivity index (χ3n) is 4.10. The van der Waals surface area contributed by atoms with Crippen molar-refractivity contribution in [1.29, 1.82) is 0 Å². The van der Waals surface area contributed by atoms with Gasteiger partial charge in [0.05, 0.1) is 0 Å². The van der Waals surface area contributed by atoms with Crippen LogP contribution in [0, 0.1) is 11.8 Å². The van der Waals surface area contributed by atoms with Gasteiger partial charge in [0.1, 0.15) is 5.78 Å². The van der Waals surface area contributed by atoms with E-state index < -0.39 is 5.97 Å². The van der Waals surface area contributed by atoms with Crippen molar-refractivity contribution in [2.45, 2.75) is 71.1 Å². The molecule has 1 rings (SSSR count). The summed E-state index contributed by atoms with van der Waals surface area (Å²) in [5.74, 6) is 0.706. The molecule has 0 aromatic carbocycles. The molecule has 2 atom stereocenters. The fourth-order valence-electron chi connectivity index (χ4n) is 2.87. The molecule has 18 heavy (non-hydrogen) atoms. The van der Waals surface area contributed by atoms with Crippen LogP contribution in [0.4, 0.5) is 0 Å². The molecular formula is C15H26O3. The van der Waals surface area contributed by atoms with E-state index in [9.17, 15) is 9.59 Å². The second-order valence-electron chi connectivity index (χ2n) is 5.64. The molecule has 0 radical (unpaired) electrons. The maximum absolute atomic E-state index is 11.6. The molecule has 0 spiro atoms. The summed E-state index contributed by atoms with van der Waals surface area (Å²) < 4.78 is 0. The van der Waals surface area contributed by atoms with Gasteiger partial charge < -0.3 is 5.11 Å². The molecule has 0 aromatic rings. The first kappa shape index (κ1) is 15.2. The van der Waals surface area contributed by atoms with Crippen molar-refractivity contribution in [1.82, 2.24) is 0 Å². The van der Waals surface area contributed by atoms with Gasteiger partial charge >= 0.3 is 5.97 Å². The van der Waals surface area contributed by atoms with Crippen molar-refractivity contribution in [3.05, 3.63) is 0 Å².